The Labute approximate surface area is 94.2 Å². The van der Waals surface area contributed by atoms with E-state index in [2.05, 4.69) is 5.32 Å². The highest BCUT2D eigenvalue weighted by atomic mass is 16.5. The lowest BCUT2D eigenvalue weighted by atomic mass is 10.0. The highest BCUT2D eigenvalue weighted by molar-refractivity contribution is 5.95. The Kier molecular flexibility index (Phi) is 3.10. The van der Waals surface area contributed by atoms with Crippen LogP contribution in [0.1, 0.15) is 31.4 Å². The van der Waals surface area contributed by atoms with Crippen LogP contribution in [0.2, 0.25) is 0 Å². The van der Waals surface area contributed by atoms with Crippen LogP contribution in [0.5, 0.6) is 5.75 Å². The zero-order chi connectivity index (χ0) is 11.5. The number of amides is 1. The normalized spacial score (nSPS) is 16.0. The lowest BCUT2D eigenvalue weighted by Crippen LogP contribution is -2.25. The molecule has 0 aromatic heterocycles. The lowest BCUT2D eigenvalue weighted by molar-refractivity contribution is -0.118. The van der Waals surface area contributed by atoms with E-state index in [1.54, 1.807) is 12.1 Å². The highest BCUT2D eigenvalue weighted by Gasteiger charge is 2.17. The molecule has 0 saturated heterocycles. The highest BCUT2D eigenvalue weighted by Crippen LogP contribution is 2.31. The molecule has 16 heavy (non-hydrogen) atoms. The van der Waals surface area contributed by atoms with E-state index in [4.69, 9.17) is 4.74 Å². The summed E-state index contributed by atoms with van der Waals surface area (Å²) < 4.78 is 5.24. The summed E-state index contributed by atoms with van der Waals surface area (Å²) in [6.45, 7) is 2.08. The molecule has 1 aliphatic heterocycles. The molecule has 0 fully saturated rings. The number of ether oxygens (including phenoxy) is 1. The molecule has 1 unspecified atom stereocenters. The number of hydrogen-bond acceptors (Lipinski definition) is 3. The zero-order valence-electron chi connectivity index (χ0n) is 9.19. The van der Waals surface area contributed by atoms with Gasteiger partial charge in [-0.1, -0.05) is 19.4 Å². The van der Waals surface area contributed by atoms with Crippen LogP contribution in [0, 0.1) is 0 Å². The molecule has 4 nitrogen and oxygen atoms in total. The van der Waals surface area contributed by atoms with Crippen molar-refractivity contribution in [1.29, 1.82) is 0 Å². The molecule has 1 aliphatic rings. The second-order valence-corrected chi connectivity index (χ2v) is 3.90. The number of nitrogens with one attached hydrogen (secondary N) is 1. The van der Waals surface area contributed by atoms with E-state index in [0.717, 1.165) is 12.0 Å². The average Bonchev–Trinajstić information content (AvgIpc) is 2.28. The molecule has 0 bridgehead atoms. The Bertz CT molecular complexity index is 403. The first kappa shape index (κ1) is 11.0. The second-order valence-electron chi connectivity index (χ2n) is 3.90. The largest absolute Gasteiger partial charge is 0.482 e. The molecule has 86 valence electrons. The number of fused-ring (bicyclic) bond motifs is 1. The third kappa shape index (κ3) is 2.17. The third-order valence-electron chi connectivity index (χ3n) is 2.58. The quantitative estimate of drug-likeness (QED) is 0.819. The van der Waals surface area contributed by atoms with E-state index in [-0.39, 0.29) is 12.5 Å². The van der Waals surface area contributed by atoms with Gasteiger partial charge in [0.1, 0.15) is 5.75 Å². The van der Waals surface area contributed by atoms with Gasteiger partial charge in [-0.3, -0.25) is 4.79 Å². The van der Waals surface area contributed by atoms with E-state index < -0.39 is 6.10 Å². The molecular weight excluding hydrogens is 206 g/mol. The number of aliphatic hydroxyl groups is 1. The van der Waals surface area contributed by atoms with Crippen LogP contribution >= 0.6 is 0 Å². The lowest BCUT2D eigenvalue weighted by Gasteiger charge is -2.19. The fraction of sp³-hybridized carbons (Fsp3) is 0.417. The maximum absolute atomic E-state index is 11.1. The van der Waals surface area contributed by atoms with E-state index in [1.807, 2.05) is 13.0 Å². The van der Waals surface area contributed by atoms with E-state index in [0.29, 0.717) is 17.9 Å². The van der Waals surface area contributed by atoms with Crippen molar-refractivity contribution < 1.29 is 14.6 Å². The predicted octanol–water partition coefficient (Wildman–Crippen LogP) is 1.85. The first-order valence-corrected chi connectivity index (χ1v) is 5.45. The first-order chi connectivity index (χ1) is 7.70. The van der Waals surface area contributed by atoms with Crippen LogP contribution in [0.15, 0.2) is 18.2 Å². The van der Waals surface area contributed by atoms with Gasteiger partial charge in [-0.2, -0.15) is 0 Å². The Morgan fingerprint density at radius 3 is 3.12 bits per heavy atom. The summed E-state index contributed by atoms with van der Waals surface area (Å²) in [4.78, 5) is 11.1. The van der Waals surface area contributed by atoms with Gasteiger partial charge < -0.3 is 15.2 Å². The number of carbonyl (C=O) groups is 1. The summed E-state index contributed by atoms with van der Waals surface area (Å²) in [5.41, 5.74) is 1.45. The Morgan fingerprint density at radius 2 is 2.38 bits per heavy atom. The fourth-order valence-corrected chi connectivity index (χ4v) is 1.75. The third-order valence-corrected chi connectivity index (χ3v) is 2.58. The van der Waals surface area contributed by atoms with Gasteiger partial charge in [-0.25, -0.2) is 0 Å². The van der Waals surface area contributed by atoms with Gasteiger partial charge in [-0.15, -0.1) is 0 Å². The minimum atomic E-state index is -0.478. The topological polar surface area (TPSA) is 58.6 Å². The van der Waals surface area contributed by atoms with Crippen molar-refractivity contribution >= 4 is 11.6 Å². The number of carbonyl (C=O) groups excluding carboxylic acids is 1. The van der Waals surface area contributed by atoms with Gasteiger partial charge >= 0.3 is 0 Å². The van der Waals surface area contributed by atoms with Gasteiger partial charge in [0.15, 0.2) is 6.61 Å². The first-order valence-electron chi connectivity index (χ1n) is 5.45. The van der Waals surface area contributed by atoms with Crippen LogP contribution in [-0.4, -0.2) is 17.6 Å². The standard InChI is InChI=1S/C12H15NO3/c1-2-3-10(14)8-4-5-11-9(6-8)13-12(15)7-16-11/h4-6,10,14H,2-3,7H2,1H3,(H,13,15). The van der Waals surface area contributed by atoms with Crippen molar-refractivity contribution in [2.24, 2.45) is 0 Å². The summed E-state index contributed by atoms with van der Waals surface area (Å²) in [5.74, 6) is 0.502. The van der Waals surface area contributed by atoms with Crippen LogP contribution in [0.4, 0.5) is 5.69 Å². The molecule has 0 spiro atoms. The molecule has 2 rings (SSSR count). The summed E-state index contributed by atoms with van der Waals surface area (Å²) in [7, 11) is 0. The van der Waals surface area contributed by atoms with E-state index in [9.17, 15) is 9.90 Å². The van der Waals surface area contributed by atoms with Crippen molar-refractivity contribution in [2.45, 2.75) is 25.9 Å². The summed E-state index contributed by atoms with van der Waals surface area (Å²) >= 11 is 0. The van der Waals surface area contributed by atoms with Gasteiger partial charge in [0.25, 0.3) is 5.91 Å². The Morgan fingerprint density at radius 1 is 1.56 bits per heavy atom. The fourth-order valence-electron chi connectivity index (χ4n) is 1.75. The van der Waals surface area contributed by atoms with Crippen molar-refractivity contribution in [3.05, 3.63) is 23.8 Å². The van der Waals surface area contributed by atoms with Gasteiger partial charge in [0.05, 0.1) is 11.8 Å². The van der Waals surface area contributed by atoms with Crippen molar-refractivity contribution in [1.82, 2.24) is 0 Å². The van der Waals surface area contributed by atoms with Crippen LogP contribution in [0.25, 0.3) is 0 Å². The number of anilines is 1. The van der Waals surface area contributed by atoms with Crippen molar-refractivity contribution in [3.63, 3.8) is 0 Å². The molecule has 2 N–H and O–H groups in total. The van der Waals surface area contributed by atoms with Crippen molar-refractivity contribution in [2.75, 3.05) is 11.9 Å². The number of rotatable bonds is 3. The van der Waals surface area contributed by atoms with E-state index >= 15 is 0 Å². The number of hydrogen-bond donors (Lipinski definition) is 2. The van der Waals surface area contributed by atoms with Crippen molar-refractivity contribution in [3.8, 4) is 5.75 Å². The molecule has 4 heteroatoms. The predicted molar refractivity (Wildman–Crippen MR) is 60.4 cm³/mol. The molecule has 0 saturated carbocycles. The summed E-state index contributed by atoms with van der Waals surface area (Å²) in [6, 6.07) is 5.38. The molecular formula is C12H15NO3. The smallest absolute Gasteiger partial charge is 0.262 e. The van der Waals surface area contributed by atoms with Crippen LogP contribution < -0.4 is 10.1 Å². The molecule has 1 aromatic carbocycles. The molecule has 0 radical (unpaired) electrons. The molecule has 1 heterocycles. The second kappa shape index (κ2) is 4.53. The molecule has 1 aromatic rings. The number of aliphatic hydroxyl groups excluding tert-OH is 1. The summed E-state index contributed by atoms with van der Waals surface area (Å²) in [5, 5.41) is 12.6. The number of benzene rings is 1. The molecule has 0 aliphatic carbocycles. The average molecular weight is 221 g/mol. The molecule has 1 amide bonds. The van der Waals surface area contributed by atoms with Gasteiger partial charge in [-0.05, 0) is 24.1 Å². The van der Waals surface area contributed by atoms with E-state index in [1.165, 1.54) is 0 Å². The van der Waals surface area contributed by atoms with Gasteiger partial charge in [0, 0.05) is 0 Å². The van der Waals surface area contributed by atoms with Crippen LogP contribution in [0.3, 0.4) is 0 Å². The van der Waals surface area contributed by atoms with Crippen LogP contribution in [-0.2, 0) is 4.79 Å². The zero-order valence-corrected chi connectivity index (χ0v) is 9.19. The Hall–Kier alpha value is -1.55. The summed E-state index contributed by atoms with van der Waals surface area (Å²) in [6.07, 6.45) is 1.16. The molecule has 1 atom stereocenters. The van der Waals surface area contributed by atoms with Gasteiger partial charge in [0.2, 0.25) is 0 Å². The monoisotopic (exact) mass is 221 g/mol. The maximum atomic E-state index is 11.1. The minimum absolute atomic E-state index is 0.0594. The minimum Gasteiger partial charge on any atom is -0.482 e. The Balaban J connectivity index is 2.24. The SMILES string of the molecule is CCCC(O)c1ccc2c(c1)NC(=O)CO2. The maximum Gasteiger partial charge on any atom is 0.262 e.